The van der Waals surface area contributed by atoms with Crippen LogP contribution in [0, 0.1) is 18.6 Å². The number of carbonyl (C=O) groups is 2. The Labute approximate surface area is 268 Å². The molecule has 6 rings (SSSR count). The molecular weight excluding hydrogens is 618 g/mol. The van der Waals surface area contributed by atoms with Gasteiger partial charge in [-0.1, -0.05) is 38.1 Å². The number of phenols is 1. The molecule has 2 aliphatic heterocycles. The topological polar surface area (TPSA) is 112 Å². The number of rotatable bonds is 4. The molecule has 2 unspecified atom stereocenters. The molecule has 13 heteroatoms. The van der Waals surface area contributed by atoms with Crippen LogP contribution in [0.4, 0.5) is 20.3 Å². The summed E-state index contributed by atoms with van der Waals surface area (Å²) in [6.45, 7) is 10.9. The van der Waals surface area contributed by atoms with Gasteiger partial charge in [-0.3, -0.25) is 19.1 Å². The van der Waals surface area contributed by atoms with Crippen molar-refractivity contribution in [1.82, 2.24) is 19.4 Å². The molecule has 1 N–H and O–H groups in total. The maximum atomic E-state index is 17.1. The third kappa shape index (κ3) is 4.45. The molecule has 0 bridgehead atoms. The van der Waals surface area contributed by atoms with Crippen molar-refractivity contribution >= 4 is 45.8 Å². The van der Waals surface area contributed by atoms with E-state index in [4.69, 9.17) is 11.6 Å². The van der Waals surface area contributed by atoms with Crippen molar-refractivity contribution in [3.05, 3.63) is 81.5 Å². The van der Waals surface area contributed by atoms with E-state index in [9.17, 15) is 19.5 Å². The summed E-state index contributed by atoms with van der Waals surface area (Å²) in [5.74, 6) is -3.84. The first-order chi connectivity index (χ1) is 21.8. The second kappa shape index (κ2) is 11.2. The molecule has 0 radical (unpaired) electrons. The minimum absolute atomic E-state index is 0.00996. The number of nitrogens with zero attached hydrogens (tertiary/aromatic N) is 6. The van der Waals surface area contributed by atoms with Gasteiger partial charge in [-0.15, -0.1) is 0 Å². The van der Waals surface area contributed by atoms with Crippen molar-refractivity contribution in [3.8, 4) is 22.6 Å². The van der Waals surface area contributed by atoms with Crippen LogP contribution in [0.25, 0.3) is 27.7 Å². The molecule has 2 aliphatic rings. The fourth-order valence-corrected chi connectivity index (χ4v) is 6.91. The number of aryl methyl sites for hydroxylation is 1. The van der Waals surface area contributed by atoms with Crippen LogP contribution in [0.2, 0.25) is 5.02 Å². The number of benzene rings is 2. The number of piperazine rings is 1. The fourth-order valence-electron chi connectivity index (χ4n) is 6.55. The van der Waals surface area contributed by atoms with E-state index in [1.807, 2.05) is 13.8 Å². The van der Waals surface area contributed by atoms with Crippen LogP contribution in [0.1, 0.15) is 37.9 Å². The molecule has 46 heavy (non-hydrogen) atoms. The summed E-state index contributed by atoms with van der Waals surface area (Å²) in [7, 11) is 1.36. The summed E-state index contributed by atoms with van der Waals surface area (Å²) >= 11 is 7.07. The van der Waals surface area contributed by atoms with E-state index in [0.29, 0.717) is 16.9 Å². The Bertz CT molecular complexity index is 2030. The minimum atomic E-state index is -1.10. The third-order valence-electron chi connectivity index (χ3n) is 8.75. The van der Waals surface area contributed by atoms with Gasteiger partial charge in [0.15, 0.2) is 5.82 Å². The quantitative estimate of drug-likeness (QED) is 0.307. The molecule has 4 aromatic rings. The van der Waals surface area contributed by atoms with E-state index in [2.05, 4.69) is 16.5 Å². The summed E-state index contributed by atoms with van der Waals surface area (Å²) < 4.78 is 33.8. The number of halogens is 3. The highest BCUT2D eigenvalue weighted by Crippen LogP contribution is 2.50. The lowest BCUT2D eigenvalue weighted by Gasteiger charge is -2.44. The van der Waals surface area contributed by atoms with Gasteiger partial charge in [0.1, 0.15) is 23.4 Å². The maximum absolute atomic E-state index is 17.1. The number of amides is 2. The fraction of sp³-hybridized carbons (Fsp3) is 0.303. The molecule has 10 nitrogen and oxygen atoms in total. The molecule has 238 valence electrons. The van der Waals surface area contributed by atoms with E-state index >= 15 is 8.78 Å². The Kier molecular flexibility index (Phi) is 7.58. The molecule has 4 heterocycles. The lowest BCUT2D eigenvalue weighted by atomic mass is 9.98. The Balaban J connectivity index is 1.83. The molecule has 1 fully saturated rings. The van der Waals surface area contributed by atoms with Gasteiger partial charge in [0.2, 0.25) is 5.91 Å². The number of hydrogen-bond donors (Lipinski definition) is 1. The van der Waals surface area contributed by atoms with Crippen LogP contribution in [0.15, 0.2) is 47.9 Å². The van der Waals surface area contributed by atoms with Gasteiger partial charge in [-0.2, -0.15) is 4.98 Å². The lowest BCUT2D eigenvalue weighted by molar-refractivity contribution is -0.130. The zero-order valence-electron chi connectivity index (χ0n) is 25.8. The Morgan fingerprint density at radius 1 is 1.15 bits per heavy atom. The second-order valence-electron chi connectivity index (χ2n) is 11.9. The van der Waals surface area contributed by atoms with Crippen molar-refractivity contribution in [2.75, 3.05) is 29.9 Å². The van der Waals surface area contributed by atoms with Gasteiger partial charge in [0, 0.05) is 31.4 Å². The standard InChI is InChI=1S/C33H31ClF2N6O4/c1-7-21(44)40-14-19-32(45)39(6)30-24-29(25(34)23(26(30)36)22-18(35)9-8-10-20(22)43)42(28-16(4)11-12-37-27(28)15(2)3)33(46)38-31(24)41(19)13-17(40)5/h7-12,15,17,19,43H,1,13-14H2,2-6H3. The van der Waals surface area contributed by atoms with Gasteiger partial charge >= 0.3 is 5.69 Å². The summed E-state index contributed by atoms with van der Waals surface area (Å²) in [6, 6.07) is 3.69. The molecule has 2 amide bonds. The molecule has 0 saturated carbocycles. The number of likely N-dealkylation sites (N-methyl/N-ethyl adjacent to an activating group) is 1. The summed E-state index contributed by atoms with van der Waals surface area (Å²) in [4.78, 5) is 54.3. The summed E-state index contributed by atoms with van der Waals surface area (Å²) in [5, 5.41) is 10.4. The minimum Gasteiger partial charge on any atom is -0.507 e. The highest BCUT2D eigenvalue weighted by molar-refractivity contribution is 6.39. The largest absolute Gasteiger partial charge is 0.507 e. The van der Waals surface area contributed by atoms with Crippen LogP contribution in [0.3, 0.4) is 0 Å². The van der Waals surface area contributed by atoms with Crippen LogP contribution in [0.5, 0.6) is 5.75 Å². The van der Waals surface area contributed by atoms with Crippen LogP contribution in [-0.2, 0) is 9.59 Å². The first-order valence-electron chi connectivity index (χ1n) is 14.7. The first-order valence-corrected chi connectivity index (χ1v) is 15.1. The Hall–Kier alpha value is -4.84. The number of hydrogen-bond acceptors (Lipinski definition) is 7. The average Bonchev–Trinajstić information content (AvgIpc) is 3.09. The molecule has 0 spiro atoms. The highest BCUT2D eigenvalue weighted by atomic mass is 35.5. The molecule has 2 atom stereocenters. The molecule has 2 aromatic carbocycles. The number of aromatic hydroxyl groups is 1. The monoisotopic (exact) mass is 648 g/mol. The maximum Gasteiger partial charge on any atom is 0.354 e. The van der Waals surface area contributed by atoms with Crippen molar-refractivity contribution < 1.29 is 23.5 Å². The zero-order chi connectivity index (χ0) is 33.4. The van der Waals surface area contributed by atoms with E-state index in [0.717, 1.165) is 17.0 Å². The van der Waals surface area contributed by atoms with Gasteiger partial charge in [0.05, 0.1) is 45.1 Å². The number of anilines is 2. The Morgan fingerprint density at radius 2 is 1.87 bits per heavy atom. The van der Waals surface area contributed by atoms with Gasteiger partial charge < -0.3 is 19.8 Å². The van der Waals surface area contributed by atoms with Crippen LogP contribution >= 0.6 is 11.6 Å². The first kappa shape index (κ1) is 31.2. The van der Waals surface area contributed by atoms with E-state index in [1.165, 1.54) is 28.6 Å². The number of phenolic OH excluding ortho intramolecular Hbond substituents is 1. The number of pyridine rings is 1. The third-order valence-corrected chi connectivity index (χ3v) is 9.12. The van der Waals surface area contributed by atoms with Gasteiger partial charge in [0.25, 0.3) is 5.91 Å². The van der Waals surface area contributed by atoms with Crippen LogP contribution in [-0.4, -0.2) is 68.6 Å². The van der Waals surface area contributed by atoms with E-state index in [1.54, 1.807) is 31.0 Å². The van der Waals surface area contributed by atoms with Crippen LogP contribution < -0.4 is 15.5 Å². The zero-order valence-corrected chi connectivity index (χ0v) is 26.6. The van der Waals surface area contributed by atoms with Crippen molar-refractivity contribution in [2.24, 2.45) is 0 Å². The average molecular weight is 649 g/mol. The number of fused-ring (bicyclic) bond motifs is 2. The predicted octanol–water partition coefficient (Wildman–Crippen LogP) is 5.08. The SMILES string of the molecule is C=CC(=O)N1CC2C(=O)N(C)c3c(F)c(-c4c(O)cccc4F)c(Cl)c4c3c(nc(=O)n4-c3c(C)ccnc3C(C)C)N2CC1C. The predicted molar refractivity (Wildman–Crippen MR) is 172 cm³/mol. The molecule has 0 aliphatic carbocycles. The Morgan fingerprint density at radius 3 is 2.52 bits per heavy atom. The van der Waals surface area contributed by atoms with Crippen molar-refractivity contribution in [2.45, 2.75) is 45.7 Å². The number of aromatic nitrogens is 3. The molecule has 2 aromatic heterocycles. The molecular formula is C33H31ClF2N6O4. The highest BCUT2D eigenvalue weighted by Gasteiger charge is 2.45. The van der Waals surface area contributed by atoms with Crippen molar-refractivity contribution in [1.29, 1.82) is 0 Å². The summed E-state index contributed by atoms with van der Waals surface area (Å²) in [6.07, 6.45) is 2.76. The molecule has 1 saturated heterocycles. The second-order valence-corrected chi connectivity index (χ2v) is 12.3. The lowest BCUT2D eigenvalue weighted by Crippen LogP contribution is -2.63. The van der Waals surface area contributed by atoms with Crippen molar-refractivity contribution in [3.63, 3.8) is 0 Å². The summed E-state index contributed by atoms with van der Waals surface area (Å²) in [5.41, 5.74) is -0.698. The smallest absolute Gasteiger partial charge is 0.354 e. The van der Waals surface area contributed by atoms with Gasteiger partial charge in [-0.25, -0.2) is 13.6 Å². The van der Waals surface area contributed by atoms with E-state index in [-0.39, 0.29) is 46.4 Å². The van der Waals surface area contributed by atoms with Gasteiger partial charge in [-0.05, 0) is 49.6 Å². The number of carbonyl (C=O) groups excluding carboxylic acids is 2. The normalized spacial score (nSPS) is 17.8. The van der Waals surface area contributed by atoms with E-state index < -0.39 is 58.1 Å².